The van der Waals surface area contributed by atoms with Gasteiger partial charge in [0, 0.05) is 51.1 Å². The second kappa shape index (κ2) is 9.90. The molecule has 0 aliphatic carbocycles. The third-order valence-corrected chi connectivity index (χ3v) is 6.80. The Bertz CT molecular complexity index is 1330. The number of aromatic carboxylic acids is 1. The van der Waals surface area contributed by atoms with E-state index >= 15 is 0 Å². The standard InChI is InChI=1S/C28H30N4O3/c1-20(35-2)30-13-15-31(16-14-30)23-9-6-10-24(19-23)32-26-12-11-22(28(33)34)18-25(26)29-27(32)17-21-7-4-3-5-8-21/h3-12,18-20H,13-17H2,1-2H3,(H,33,34). The number of carboxylic acids is 1. The quantitative estimate of drug-likeness (QED) is 0.431. The summed E-state index contributed by atoms with van der Waals surface area (Å²) in [5.74, 6) is -0.0698. The van der Waals surface area contributed by atoms with E-state index in [9.17, 15) is 9.90 Å². The van der Waals surface area contributed by atoms with Gasteiger partial charge in [-0.25, -0.2) is 9.78 Å². The van der Waals surface area contributed by atoms with Crippen LogP contribution < -0.4 is 4.90 Å². The van der Waals surface area contributed by atoms with Gasteiger partial charge in [0.05, 0.1) is 16.6 Å². The summed E-state index contributed by atoms with van der Waals surface area (Å²) in [5.41, 5.74) is 5.17. The molecule has 1 aliphatic heterocycles. The molecule has 1 saturated heterocycles. The molecule has 4 aromatic rings. The average Bonchev–Trinajstić information content (AvgIpc) is 3.26. The lowest BCUT2D eigenvalue weighted by atomic mass is 10.1. The summed E-state index contributed by atoms with van der Waals surface area (Å²) >= 11 is 0. The van der Waals surface area contributed by atoms with Crippen molar-refractivity contribution in [3.63, 3.8) is 0 Å². The van der Waals surface area contributed by atoms with Crippen LogP contribution >= 0.6 is 0 Å². The molecule has 0 bridgehead atoms. The first-order valence-corrected chi connectivity index (χ1v) is 11.9. The molecule has 1 unspecified atom stereocenters. The van der Waals surface area contributed by atoms with Crippen molar-refractivity contribution in [1.82, 2.24) is 14.5 Å². The SMILES string of the molecule is COC(C)N1CCN(c2cccc(-n3c(Cc4ccccc4)nc4cc(C(=O)O)ccc43)c2)CC1. The largest absolute Gasteiger partial charge is 0.478 e. The molecule has 5 rings (SSSR count). The highest BCUT2D eigenvalue weighted by molar-refractivity contribution is 5.93. The van der Waals surface area contributed by atoms with Crippen molar-refractivity contribution >= 4 is 22.7 Å². The highest BCUT2D eigenvalue weighted by Gasteiger charge is 2.22. The molecule has 1 atom stereocenters. The second-order valence-corrected chi connectivity index (χ2v) is 8.91. The summed E-state index contributed by atoms with van der Waals surface area (Å²) in [6.45, 7) is 5.85. The summed E-state index contributed by atoms with van der Waals surface area (Å²) in [5, 5.41) is 9.47. The number of piperazine rings is 1. The first-order chi connectivity index (χ1) is 17.0. The molecule has 1 aliphatic rings. The number of carbonyl (C=O) groups is 1. The van der Waals surface area contributed by atoms with Crippen LogP contribution in [0.3, 0.4) is 0 Å². The van der Waals surface area contributed by atoms with Crippen molar-refractivity contribution in [3.05, 3.63) is 89.7 Å². The number of hydrogen-bond acceptors (Lipinski definition) is 5. The van der Waals surface area contributed by atoms with Crippen LogP contribution in [0.25, 0.3) is 16.7 Å². The summed E-state index contributed by atoms with van der Waals surface area (Å²) in [6, 6.07) is 23.9. The van der Waals surface area contributed by atoms with E-state index in [1.54, 1.807) is 19.2 Å². The zero-order chi connectivity index (χ0) is 24.4. The minimum Gasteiger partial charge on any atom is -0.478 e. The molecule has 1 fully saturated rings. The lowest BCUT2D eigenvalue weighted by Gasteiger charge is -2.38. The van der Waals surface area contributed by atoms with Crippen molar-refractivity contribution in [1.29, 1.82) is 0 Å². The summed E-state index contributed by atoms with van der Waals surface area (Å²) in [7, 11) is 1.75. The number of hydrogen-bond donors (Lipinski definition) is 1. The van der Waals surface area contributed by atoms with Crippen molar-refractivity contribution in [2.45, 2.75) is 19.6 Å². The molecule has 7 heteroatoms. The highest BCUT2D eigenvalue weighted by Crippen LogP contribution is 2.28. The molecule has 1 N–H and O–H groups in total. The molecular weight excluding hydrogens is 440 g/mol. The summed E-state index contributed by atoms with van der Waals surface area (Å²) in [6.07, 6.45) is 0.771. The number of rotatable bonds is 7. The molecule has 35 heavy (non-hydrogen) atoms. The Balaban J connectivity index is 1.52. The number of fused-ring (bicyclic) bond motifs is 1. The Hall–Kier alpha value is -3.68. The third-order valence-electron chi connectivity index (χ3n) is 6.80. The lowest BCUT2D eigenvalue weighted by molar-refractivity contribution is -0.0212. The van der Waals surface area contributed by atoms with E-state index in [0.717, 1.165) is 48.8 Å². The Labute approximate surface area is 205 Å². The van der Waals surface area contributed by atoms with Crippen LogP contribution in [0.4, 0.5) is 5.69 Å². The lowest BCUT2D eigenvalue weighted by Crippen LogP contribution is -2.50. The minimum absolute atomic E-state index is 0.122. The zero-order valence-corrected chi connectivity index (χ0v) is 20.1. The predicted molar refractivity (Wildman–Crippen MR) is 138 cm³/mol. The van der Waals surface area contributed by atoms with E-state index < -0.39 is 5.97 Å². The Morgan fingerprint density at radius 2 is 1.71 bits per heavy atom. The van der Waals surface area contributed by atoms with Crippen molar-refractivity contribution in [2.75, 3.05) is 38.2 Å². The van der Waals surface area contributed by atoms with Crippen molar-refractivity contribution in [2.24, 2.45) is 0 Å². The number of benzene rings is 3. The van der Waals surface area contributed by atoms with Crippen LogP contribution in [0.5, 0.6) is 0 Å². The molecule has 1 aromatic heterocycles. The van der Waals surface area contributed by atoms with Gasteiger partial charge >= 0.3 is 5.97 Å². The van der Waals surface area contributed by atoms with Gasteiger partial charge in [-0.1, -0.05) is 36.4 Å². The van der Waals surface area contributed by atoms with Crippen LogP contribution in [0.15, 0.2) is 72.8 Å². The van der Waals surface area contributed by atoms with E-state index in [0.29, 0.717) is 11.9 Å². The molecule has 0 spiro atoms. The number of methoxy groups -OCH3 is 1. The van der Waals surface area contributed by atoms with Gasteiger partial charge in [0.1, 0.15) is 12.1 Å². The maximum Gasteiger partial charge on any atom is 0.335 e. The van der Waals surface area contributed by atoms with Gasteiger partial charge < -0.3 is 14.7 Å². The number of aromatic nitrogens is 2. The van der Waals surface area contributed by atoms with E-state index in [4.69, 9.17) is 9.72 Å². The predicted octanol–water partition coefficient (Wildman–Crippen LogP) is 4.43. The highest BCUT2D eigenvalue weighted by atomic mass is 16.5. The summed E-state index contributed by atoms with van der Waals surface area (Å²) < 4.78 is 7.64. The van der Waals surface area contributed by atoms with E-state index in [2.05, 4.69) is 57.7 Å². The minimum atomic E-state index is -0.949. The second-order valence-electron chi connectivity index (χ2n) is 8.91. The van der Waals surface area contributed by atoms with Crippen LogP contribution in [0, 0.1) is 0 Å². The number of nitrogens with zero attached hydrogens (tertiary/aromatic N) is 4. The average molecular weight is 471 g/mol. The van der Waals surface area contributed by atoms with Crippen LogP contribution in [-0.4, -0.2) is 65.0 Å². The van der Waals surface area contributed by atoms with Crippen LogP contribution in [0.1, 0.15) is 28.7 Å². The van der Waals surface area contributed by atoms with Gasteiger partial charge in [0.2, 0.25) is 0 Å². The molecule has 180 valence electrons. The molecule has 7 nitrogen and oxygen atoms in total. The number of imidazole rings is 1. The molecular formula is C28H30N4O3. The van der Waals surface area contributed by atoms with Gasteiger partial charge in [-0.05, 0) is 48.9 Å². The molecule has 0 saturated carbocycles. The Kier molecular flexibility index (Phi) is 6.53. The maximum atomic E-state index is 11.6. The zero-order valence-electron chi connectivity index (χ0n) is 20.1. The van der Waals surface area contributed by atoms with Crippen molar-refractivity contribution in [3.8, 4) is 5.69 Å². The van der Waals surface area contributed by atoms with E-state index in [1.807, 2.05) is 24.3 Å². The fraction of sp³-hybridized carbons (Fsp3) is 0.286. The van der Waals surface area contributed by atoms with Crippen molar-refractivity contribution < 1.29 is 14.6 Å². The van der Waals surface area contributed by atoms with Gasteiger partial charge in [-0.3, -0.25) is 9.47 Å². The smallest absolute Gasteiger partial charge is 0.335 e. The van der Waals surface area contributed by atoms with E-state index in [1.165, 1.54) is 5.69 Å². The normalized spacial score (nSPS) is 15.4. The molecule has 2 heterocycles. The molecule has 0 amide bonds. The fourth-order valence-corrected chi connectivity index (χ4v) is 4.77. The molecule has 0 radical (unpaired) electrons. The van der Waals surface area contributed by atoms with Gasteiger partial charge in [0.25, 0.3) is 0 Å². The molecule has 3 aromatic carbocycles. The maximum absolute atomic E-state index is 11.6. The Morgan fingerprint density at radius 1 is 0.971 bits per heavy atom. The van der Waals surface area contributed by atoms with Crippen LogP contribution in [-0.2, 0) is 11.2 Å². The van der Waals surface area contributed by atoms with Gasteiger partial charge in [-0.15, -0.1) is 0 Å². The van der Waals surface area contributed by atoms with Crippen LogP contribution in [0.2, 0.25) is 0 Å². The monoisotopic (exact) mass is 470 g/mol. The number of anilines is 1. The van der Waals surface area contributed by atoms with Gasteiger partial charge in [-0.2, -0.15) is 0 Å². The third kappa shape index (κ3) is 4.78. The Morgan fingerprint density at radius 3 is 2.43 bits per heavy atom. The number of ether oxygens (including phenoxy) is 1. The first-order valence-electron chi connectivity index (χ1n) is 11.9. The summed E-state index contributed by atoms with van der Waals surface area (Å²) in [4.78, 5) is 21.2. The topological polar surface area (TPSA) is 70.8 Å². The van der Waals surface area contributed by atoms with Gasteiger partial charge in [0.15, 0.2) is 0 Å². The van der Waals surface area contributed by atoms with E-state index in [-0.39, 0.29) is 11.8 Å². The number of carboxylic acid groups (broad SMARTS) is 1. The first kappa shape index (κ1) is 23.1. The fourth-order valence-electron chi connectivity index (χ4n) is 4.77.